The second kappa shape index (κ2) is 12.5. The molecule has 180 valence electrons. The molecule has 0 amide bonds. The van der Waals surface area contributed by atoms with Crippen LogP contribution in [0.2, 0.25) is 0 Å². The number of halogens is 1. The topological polar surface area (TPSA) is 96.2 Å². The van der Waals surface area contributed by atoms with Gasteiger partial charge < -0.3 is 24.8 Å². The summed E-state index contributed by atoms with van der Waals surface area (Å²) >= 11 is 2.28. The minimum Gasteiger partial charge on any atom is -0.482 e. The lowest BCUT2D eigenvalue weighted by Crippen LogP contribution is -2.34. The van der Waals surface area contributed by atoms with Crippen molar-refractivity contribution in [2.24, 2.45) is 17.8 Å². The Hall–Kier alpha value is -0.900. The van der Waals surface area contributed by atoms with Crippen molar-refractivity contribution >= 4 is 28.6 Å². The number of carboxylic acid groups (broad SMARTS) is 1. The Morgan fingerprint density at radius 2 is 2.03 bits per heavy atom. The van der Waals surface area contributed by atoms with Gasteiger partial charge in [-0.3, -0.25) is 0 Å². The van der Waals surface area contributed by atoms with Crippen molar-refractivity contribution in [2.45, 2.75) is 76.6 Å². The van der Waals surface area contributed by atoms with E-state index < -0.39 is 12.1 Å². The summed E-state index contributed by atoms with van der Waals surface area (Å²) in [6, 6.07) is 5.83. The molecule has 2 aliphatic carbocycles. The van der Waals surface area contributed by atoms with Crippen LogP contribution in [0, 0.1) is 17.8 Å². The normalized spacial score (nSPS) is 27.6. The number of benzene rings is 1. The van der Waals surface area contributed by atoms with E-state index in [9.17, 15) is 15.0 Å². The SMILES string of the molecule is CCCCC[C@H](O)CC[C@@H]1[C@H]2Cc3cccc(OCC(=O)O)c3C[C@H]2C(OCCI)[C@H]1O. The van der Waals surface area contributed by atoms with Gasteiger partial charge in [-0.15, -0.1) is 0 Å². The number of aliphatic hydroxyl groups excluding tert-OH is 2. The molecular weight excluding hydrogens is 523 g/mol. The molecule has 2 aliphatic rings. The number of carboxylic acids is 1. The van der Waals surface area contributed by atoms with Crippen molar-refractivity contribution in [3.63, 3.8) is 0 Å². The van der Waals surface area contributed by atoms with Crippen LogP contribution in [0.25, 0.3) is 0 Å². The van der Waals surface area contributed by atoms with Crippen LogP contribution in [0.5, 0.6) is 5.75 Å². The summed E-state index contributed by atoms with van der Waals surface area (Å²) in [6.45, 7) is 2.40. The maximum absolute atomic E-state index is 11.2. The molecule has 0 heterocycles. The Morgan fingerprint density at radius 1 is 1.22 bits per heavy atom. The fourth-order valence-corrected chi connectivity index (χ4v) is 5.88. The quantitative estimate of drug-likeness (QED) is 0.192. The van der Waals surface area contributed by atoms with Crippen LogP contribution in [0.15, 0.2) is 18.2 Å². The van der Waals surface area contributed by atoms with Crippen LogP contribution >= 0.6 is 22.6 Å². The largest absolute Gasteiger partial charge is 0.482 e. The summed E-state index contributed by atoms with van der Waals surface area (Å²) in [7, 11) is 0. The lowest BCUT2D eigenvalue weighted by molar-refractivity contribution is -0.139. The van der Waals surface area contributed by atoms with Crippen molar-refractivity contribution < 1.29 is 29.6 Å². The van der Waals surface area contributed by atoms with Crippen molar-refractivity contribution in [3.05, 3.63) is 29.3 Å². The van der Waals surface area contributed by atoms with Crippen molar-refractivity contribution in [3.8, 4) is 5.75 Å². The third-order valence-corrected chi connectivity index (χ3v) is 7.58. The molecular formula is C25H37IO6. The third kappa shape index (κ3) is 6.36. The number of alkyl halides is 1. The lowest BCUT2D eigenvalue weighted by Gasteiger charge is -2.33. The number of rotatable bonds is 13. The molecule has 0 aromatic heterocycles. The van der Waals surface area contributed by atoms with Crippen LogP contribution in [0.4, 0.5) is 0 Å². The number of aliphatic carboxylic acids is 1. The molecule has 1 fully saturated rings. The fourth-order valence-electron chi connectivity index (χ4n) is 5.63. The first-order valence-electron chi connectivity index (χ1n) is 11.9. The average Bonchev–Trinajstić information content (AvgIpc) is 3.03. The van der Waals surface area contributed by atoms with Gasteiger partial charge in [0, 0.05) is 4.43 Å². The van der Waals surface area contributed by atoms with Crippen molar-refractivity contribution in [1.82, 2.24) is 0 Å². The highest BCUT2D eigenvalue weighted by Gasteiger charge is 2.52. The van der Waals surface area contributed by atoms with Gasteiger partial charge in [-0.25, -0.2) is 4.79 Å². The minimum atomic E-state index is -0.992. The minimum absolute atomic E-state index is 0.0942. The van der Waals surface area contributed by atoms with Gasteiger partial charge in [0.1, 0.15) is 5.75 Å². The van der Waals surface area contributed by atoms with E-state index in [0.29, 0.717) is 25.2 Å². The predicted octanol–water partition coefficient (Wildman–Crippen LogP) is 4.01. The number of hydrogen-bond acceptors (Lipinski definition) is 5. The molecule has 3 N–H and O–H groups in total. The number of carbonyl (C=O) groups is 1. The highest BCUT2D eigenvalue weighted by atomic mass is 127. The maximum Gasteiger partial charge on any atom is 0.341 e. The summed E-state index contributed by atoms with van der Waals surface area (Å²) in [5, 5.41) is 30.7. The van der Waals surface area contributed by atoms with Gasteiger partial charge in [-0.05, 0) is 67.1 Å². The molecule has 1 unspecified atom stereocenters. The van der Waals surface area contributed by atoms with E-state index >= 15 is 0 Å². The molecule has 1 saturated carbocycles. The first kappa shape index (κ1) is 25.7. The molecule has 0 spiro atoms. The molecule has 0 radical (unpaired) electrons. The summed E-state index contributed by atoms with van der Waals surface area (Å²) in [6.07, 6.45) is 6.11. The van der Waals surface area contributed by atoms with Crippen LogP contribution in [0.3, 0.4) is 0 Å². The first-order chi connectivity index (χ1) is 15.5. The van der Waals surface area contributed by atoms with Gasteiger partial charge >= 0.3 is 5.97 Å². The number of hydrogen-bond donors (Lipinski definition) is 3. The number of ether oxygens (including phenoxy) is 2. The highest BCUT2D eigenvalue weighted by Crippen LogP contribution is 2.49. The van der Waals surface area contributed by atoms with E-state index in [1.54, 1.807) is 0 Å². The smallest absolute Gasteiger partial charge is 0.341 e. The van der Waals surface area contributed by atoms with Crippen LogP contribution < -0.4 is 4.74 Å². The second-order valence-electron chi connectivity index (χ2n) is 9.22. The lowest BCUT2D eigenvalue weighted by atomic mass is 9.73. The molecule has 6 atom stereocenters. The molecule has 0 bridgehead atoms. The first-order valence-corrected chi connectivity index (χ1v) is 13.5. The number of fused-ring (bicyclic) bond motifs is 2. The van der Waals surface area contributed by atoms with E-state index in [1.807, 2.05) is 12.1 Å². The molecule has 3 rings (SSSR count). The van der Waals surface area contributed by atoms with Crippen LogP contribution in [0.1, 0.15) is 56.6 Å². The third-order valence-electron chi connectivity index (χ3n) is 7.14. The Bertz CT molecular complexity index is 741. The van der Waals surface area contributed by atoms with Crippen molar-refractivity contribution in [2.75, 3.05) is 17.6 Å². The zero-order valence-electron chi connectivity index (χ0n) is 18.9. The van der Waals surface area contributed by atoms with Gasteiger partial charge in [0.25, 0.3) is 0 Å². The summed E-state index contributed by atoms with van der Waals surface area (Å²) in [4.78, 5) is 11.0. The van der Waals surface area contributed by atoms with E-state index in [2.05, 4.69) is 35.6 Å². The fraction of sp³-hybridized carbons (Fsp3) is 0.720. The summed E-state index contributed by atoms with van der Waals surface area (Å²) < 4.78 is 12.6. The van der Waals surface area contributed by atoms with E-state index in [1.165, 1.54) is 5.56 Å². The van der Waals surface area contributed by atoms with E-state index in [-0.39, 0.29) is 36.6 Å². The molecule has 0 aliphatic heterocycles. The van der Waals surface area contributed by atoms with Gasteiger partial charge in [0.2, 0.25) is 0 Å². The van der Waals surface area contributed by atoms with Gasteiger partial charge in [-0.1, -0.05) is 60.9 Å². The number of aliphatic hydroxyl groups is 2. The van der Waals surface area contributed by atoms with E-state index in [0.717, 1.165) is 48.5 Å². The zero-order valence-corrected chi connectivity index (χ0v) is 21.1. The molecule has 0 saturated heterocycles. The number of unbranched alkanes of at least 4 members (excludes halogenated alkanes) is 2. The molecule has 1 aromatic carbocycles. The Labute approximate surface area is 204 Å². The van der Waals surface area contributed by atoms with Crippen molar-refractivity contribution in [1.29, 1.82) is 0 Å². The van der Waals surface area contributed by atoms with E-state index in [4.69, 9.17) is 14.6 Å². The molecule has 7 heteroatoms. The predicted molar refractivity (Wildman–Crippen MR) is 131 cm³/mol. The zero-order chi connectivity index (χ0) is 23.1. The maximum atomic E-state index is 11.2. The second-order valence-corrected chi connectivity index (χ2v) is 10.3. The summed E-state index contributed by atoms with van der Waals surface area (Å²) in [5.74, 6) is 0.178. The van der Waals surface area contributed by atoms with Gasteiger partial charge in [0.05, 0.1) is 24.9 Å². The Kier molecular flexibility index (Phi) is 10.1. The standard InChI is InChI=1S/C25H37IO6/c1-2-3-4-7-17(27)9-10-18-20-13-16-6-5-8-22(32-15-23(28)29)19(16)14-21(20)25(24(18)30)31-12-11-26/h5-6,8,17-18,20-21,24-25,27,30H,2-4,7,9-15H2,1H3,(H,28,29)/t17-,18+,20+,21+,24-,25?/m0/s1. The Morgan fingerprint density at radius 3 is 2.75 bits per heavy atom. The van der Waals surface area contributed by atoms with Gasteiger partial charge in [0.15, 0.2) is 6.61 Å². The molecule has 32 heavy (non-hydrogen) atoms. The van der Waals surface area contributed by atoms with Crippen LogP contribution in [-0.2, 0) is 22.4 Å². The monoisotopic (exact) mass is 560 g/mol. The molecule has 6 nitrogen and oxygen atoms in total. The molecule has 1 aromatic rings. The van der Waals surface area contributed by atoms with Crippen LogP contribution in [-0.4, -0.2) is 57.2 Å². The Balaban J connectivity index is 1.75. The average molecular weight is 560 g/mol. The van der Waals surface area contributed by atoms with Gasteiger partial charge in [-0.2, -0.15) is 0 Å². The highest BCUT2D eigenvalue weighted by molar-refractivity contribution is 14.1. The summed E-state index contributed by atoms with van der Waals surface area (Å²) in [5.41, 5.74) is 2.22.